The molecular formula is C16H34IN5O3. The summed E-state index contributed by atoms with van der Waals surface area (Å²) in [5, 5.41) is 6.76. The minimum Gasteiger partial charge on any atom is -0.450 e. The average Bonchev–Trinajstić information content (AvgIpc) is 2.59. The SMILES string of the molecule is CCOC(=O)N1CCC(NC(=NC)NCCN(C)CCOC)CC1.I. The van der Waals surface area contributed by atoms with Crippen LogP contribution in [0.15, 0.2) is 4.99 Å². The fourth-order valence-electron chi connectivity index (χ4n) is 2.53. The molecule has 2 N–H and O–H groups in total. The number of nitrogens with one attached hydrogen (secondary N) is 2. The smallest absolute Gasteiger partial charge is 0.409 e. The molecule has 148 valence electrons. The van der Waals surface area contributed by atoms with Gasteiger partial charge in [0.25, 0.3) is 0 Å². The Morgan fingerprint density at radius 2 is 2.00 bits per heavy atom. The van der Waals surface area contributed by atoms with E-state index in [0.29, 0.717) is 25.7 Å². The summed E-state index contributed by atoms with van der Waals surface area (Å²) in [6.45, 7) is 7.08. The molecule has 0 aromatic heterocycles. The summed E-state index contributed by atoms with van der Waals surface area (Å²) < 4.78 is 10.1. The number of carbonyl (C=O) groups is 1. The normalized spacial score (nSPS) is 15.7. The van der Waals surface area contributed by atoms with E-state index in [1.54, 1.807) is 19.1 Å². The van der Waals surface area contributed by atoms with Crippen LogP contribution in [0.5, 0.6) is 0 Å². The number of piperidine rings is 1. The Kier molecular flexibility index (Phi) is 13.9. The molecule has 0 spiro atoms. The van der Waals surface area contributed by atoms with Gasteiger partial charge in [0.1, 0.15) is 0 Å². The standard InChI is InChI=1S/C16H33N5O3.HI/c1-5-24-16(22)21-9-6-14(7-10-21)19-15(17-2)18-8-11-20(3)12-13-23-4;/h14H,5-13H2,1-4H3,(H2,17,18,19);1H. The third kappa shape index (κ3) is 10.0. The number of hydrogen-bond donors (Lipinski definition) is 2. The van der Waals surface area contributed by atoms with Crippen molar-refractivity contribution in [2.75, 3.05) is 67.1 Å². The zero-order chi connectivity index (χ0) is 17.8. The van der Waals surface area contributed by atoms with E-state index in [0.717, 1.165) is 45.0 Å². The first-order valence-corrected chi connectivity index (χ1v) is 8.67. The Bertz CT molecular complexity index is 390. The number of aliphatic imine (C=N–C) groups is 1. The first-order chi connectivity index (χ1) is 11.6. The quantitative estimate of drug-likeness (QED) is 0.312. The van der Waals surface area contributed by atoms with Gasteiger partial charge in [-0.3, -0.25) is 4.99 Å². The molecule has 1 heterocycles. The molecule has 0 radical (unpaired) electrons. The number of ether oxygens (including phenoxy) is 2. The summed E-state index contributed by atoms with van der Waals surface area (Å²) >= 11 is 0. The van der Waals surface area contributed by atoms with Crippen molar-refractivity contribution >= 4 is 36.0 Å². The van der Waals surface area contributed by atoms with Gasteiger partial charge in [-0.25, -0.2) is 4.79 Å². The Balaban J connectivity index is 0.00000576. The molecule has 0 aromatic carbocycles. The van der Waals surface area contributed by atoms with Gasteiger partial charge >= 0.3 is 6.09 Å². The molecule has 1 saturated heterocycles. The van der Waals surface area contributed by atoms with E-state index >= 15 is 0 Å². The van der Waals surface area contributed by atoms with Gasteiger partial charge in [0, 0.05) is 52.9 Å². The molecule has 1 aliphatic rings. The number of guanidine groups is 1. The predicted octanol–water partition coefficient (Wildman–Crippen LogP) is 0.969. The molecule has 8 nitrogen and oxygen atoms in total. The number of likely N-dealkylation sites (N-methyl/N-ethyl adjacent to an activating group) is 1. The summed E-state index contributed by atoms with van der Waals surface area (Å²) in [5.41, 5.74) is 0. The van der Waals surface area contributed by atoms with Gasteiger partial charge in [0.2, 0.25) is 0 Å². The van der Waals surface area contributed by atoms with Crippen molar-refractivity contribution < 1.29 is 14.3 Å². The predicted molar refractivity (Wildman–Crippen MR) is 111 cm³/mol. The van der Waals surface area contributed by atoms with E-state index < -0.39 is 0 Å². The van der Waals surface area contributed by atoms with Crippen LogP contribution in [0.2, 0.25) is 0 Å². The van der Waals surface area contributed by atoms with Crippen molar-refractivity contribution in [1.82, 2.24) is 20.4 Å². The van der Waals surface area contributed by atoms with Crippen LogP contribution in [0.1, 0.15) is 19.8 Å². The Morgan fingerprint density at radius 1 is 1.32 bits per heavy atom. The van der Waals surface area contributed by atoms with Gasteiger partial charge in [-0.1, -0.05) is 0 Å². The minimum absolute atomic E-state index is 0. The van der Waals surface area contributed by atoms with E-state index in [1.807, 2.05) is 6.92 Å². The maximum atomic E-state index is 11.7. The Hall–Kier alpha value is -0.810. The Labute approximate surface area is 168 Å². The number of methoxy groups -OCH3 is 1. The monoisotopic (exact) mass is 471 g/mol. The van der Waals surface area contributed by atoms with Crippen LogP contribution in [0.3, 0.4) is 0 Å². The topological polar surface area (TPSA) is 78.4 Å². The molecule has 0 aliphatic carbocycles. The third-order valence-corrected chi connectivity index (χ3v) is 4.05. The molecule has 1 fully saturated rings. The van der Waals surface area contributed by atoms with Crippen molar-refractivity contribution in [2.45, 2.75) is 25.8 Å². The molecule has 25 heavy (non-hydrogen) atoms. The molecule has 0 aromatic rings. The fraction of sp³-hybridized carbons (Fsp3) is 0.875. The highest BCUT2D eigenvalue weighted by Gasteiger charge is 2.23. The second kappa shape index (κ2) is 14.4. The maximum absolute atomic E-state index is 11.7. The van der Waals surface area contributed by atoms with E-state index in [9.17, 15) is 4.79 Å². The summed E-state index contributed by atoms with van der Waals surface area (Å²) in [6, 6.07) is 0.327. The van der Waals surface area contributed by atoms with Crippen molar-refractivity contribution in [3.63, 3.8) is 0 Å². The van der Waals surface area contributed by atoms with Gasteiger partial charge < -0.3 is 29.9 Å². The largest absolute Gasteiger partial charge is 0.450 e. The second-order valence-electron chi connectivity index (χ2n) is 5.90. The second-order valence-corrected chi connectivity index (χ2v) is 5.90. The van der Waals surface area contributed by atoms with Crippen molar-refractivity contribution in [3.05, 3.63) is 0 Å². The van der Waals surface area contributed by atoms with E-state index in [1.165, 1.54) is 0 Å². The highest BCUT2D eigenvalue weighted by atomic mass is 127. The molecule has 1 rings (SSSR count). The molecule has 1 aliphatic heterocycles. The highest BCUT2D eigenvalue weighted by Crippen LogP contribution is 2.11. The average molecular weight is 471 g/mol. The first-order valence-electron chi connectivity index (χ1n) is 8.67. The summed E-state index contributed by atoms with van der Waals surface area (Å²) in [5.74, 6) is 0.810. The zero-order valence-electron chi connectivity index (χ0n) is 15.9. The van der Waals surface area contributed by atoms with E-state index in [2.05, 4.69) is 27.6 Å². The summed E-state index contributed by atoms with van der Waals surface area (Å²) in [4.78, 5) is 19.9. The number of halogens is 1. The number of nitrogens with zero attached hydrogens (tertiary/aromatic N) is 3. The number of hydrogen-bond acceptors (Lipinski definition) is 5. The fourth-order valence-corrected chi connectivity index (χ4v) is 2.53. The van der Waals surface area contributed by atoms with Gasteiger partial charge in [-0.05, 0) is 26.8 Å². The first kappa shape index (κ1) is 24.2. The maximum Gasteiger partial charge on any atom is 0.409 e. The van der Waals surface area contributed by atoms with Crippen LogP contribution in [-0.4, -0.2) is 95.0 Å². The van der Waals surface area contributed by atoms with Crippen LogP contribution in [-0.2, 0) is 9.47 Å². The lowest BCUT2D eigenvalue weighted by molar-refractivity contribution is 0.0963. The molecule has 1 amide bonds. The number of amides is 1. The highest BCUT2D eigenvalue weighted by molar-refractivity contribution is 14.0. The lowest BCUT2D eigenvalue weighted by Crippen LogP contribution is -2.50. The van der Waals surface area contributed by atoms with Crippen LogP contribution >= 0.6 is 24.0 Å². The lowest BCUT2D eigenvalue weighted by Gasteiger charge is -2.32. The summed E-state index contributed by atoms with van der Waals surface area (Å²) in [7, 11) is 5.56. The van der Waals surface area contributed by atoms with Gasteiger partial charge in [0.15, 0.2) is 5.96 Å². The van der Waals surface area contributed by atoms with Gasteiger partial charge in [-0.15, -0.1) is 24.0 Å². The number of likely N-dealkylation sites (tertiary alicyclic amines) is 1. The lowest BCUT2D eigenvalue weighted by atomic mass is 10.1. The third-order valence-electron chi connectivity index (χ3n) is 4.05. The number of rotatable bonds is 8. The Morgan fingerprint density at radius 3 is 2.56 bits per heavy atom. The molecule has 0 bridgehead atoms. The van der Waals surface area contributed by atoms with Gasteiger partial charge in [-0.2, -0.15) is 0 Å². The molecule has 0 atom stereocenters. The molecule has 0 saturated carbocycles. The zero-order valence-corrected chi connectivity index (χ0v) is 18.2. The van der Waals surface area contributed by atoms with E-state index in [-0.39, 0.29) is 30.1 Å². The molecule has 0 unspecified atom stereocenters. The van der Waals surface area contributed by atoms with Crippen molar-refractivity contribution in [2.24, 2.45) is 4.99 Å². The van der Waals surface area contributed by atoms with Crippen LogP contribution in [0.25, 0.3) is 0 Å². The van der Waals surface area contributed by atoms with E-state index in [4.69, 9.17) is 9.47 Å². The summed E-state index contributed by atoms with van der Waals surface area (Å²) in [6.07, 6.45) is 1.58. The van der Waals surface area contributed by atoms with Crippen LogP contribution in [0.4, 0.5) is 4.79 Å². The van der Waals surface area contributed by atoms with Crippen molar-refractivity contribution in [3.8, 4) is 0 Å². The van der Waals surface area contributed by atoms with Crippen LogP contribution in [0, 0.1) is 0 Å². The number of carbonyl (C=O) groups excluding carboxylic acids is 1. The molecular weight excluding hydrogens is 437 g/mol. The van der Waals surface area contributed by atoms with Gasteiger partial charge in [0.05, 0.1) is 13.2 Å². The minimum atomic E-state index is -0.211. The van der Waals surface area contributed by atoms with Crippen molar-refractivity contribution in [1.29, 1.82) is 0 Å². The molecule has 9 heteroatoms. The van der Waals surface area contributed by atoms with Crippen LogP contribution < -0.4 is 10.6 Å².